The summed E-state index contributed by atoms with van der Waals surface area (Å²) in [6.45, 7) is 0.262. The van der Waals surface area contributed by atoms with E-state index in [4.69, 9.17) is 10.8 Å². The molecule has 0 fully saturated rings. The zero-order chi connectivity index (χ0) is 15.5. The van der Waals surface area contributed by atoms with E-state index in [2.05, 4.69) is 10.8 Å². The van der Waals surface area contributed by atoms with Gasteiger partial charge < -0.3 is 10.8 Å². The summed E-state index contributed by atoms with van der Waals surface area (Å²) >= 11 is 0. The first-order chi connectivity index (χ1) is 9.90. The van der Waals surface area contributed by atoms with E-state index < -0.39 is 16.0 Å². The second kappa shape index (κ2) is 6.28. The first kappa shape index (κ1) is 15.5. The number of carboxylic acid groups (broad SMARTS) is 1. The third-order valence-corrected chi connectivity index (χ3v) is 4.92. The molecule has 1 aliphatic rings. The topological polar surface area (TPSA) is 109 Å². The van der Waals surface area contributed by atoms with E-state index in [1.165, 1.54) is 17.7 Å². The highest BCUT2D eigenvalue weighted by atomic mass is 32.2. The predicted molar refractivity (Wildman–Crippen MR) is 79.6 cm³/mol. The Bertz CT molecular complexity index is 680. The van der Waals surface area contributed by atoms with Crippen molar-refractivity contribution in [2.75, 3.05) is 12.3 Å². The van der Waals surface area contributed by atoms with Crippen LogP contribution in [0.25, 0.3) is 0 Å². The molecule has 6 nitrogen and oxygen atoms in total. The number of allylic oxidation sites excluding steroid dienone is 1. The molecule has 0 aromatic heterocycles. The Hall–Kier alpha value is -1.86. The lowest BCUT2D eigenvalue weighted by Gasteiger charge is -2.10. The second-order valence-corrected chi connectivity index (χ2v) is 6.70. The van der Waals surface area contributed by atoms with Crippen LogP contribution in [-0.4, -0.2) is 26.0 Å². The summed E-state index contributed by atoms with van der Waals surface area (Å²) in [5, 5.41) is 9.09. The molecular weight excluding hydrogens is 292 g/mol. The maximum atomic E-state index is 12.2. The van der Waals surface area contributed by atoms with Gasteiger partial charge in [0.05, 0.1) is 10.5 Å². The molecule has 0 bridgehead atoms. The van der Waals surface area contributed by atoms with Crippen molar-refractivity contribution in [3.63, 3.8) is 0 Å². The highest BCUT2D eigenvalue weighted by Crippen LogP contribution is 2.21. The third-order valence-electron chi connectivity index (χ3n) is 3.40. The largest absolute Gasteiger partial charge is 0.478 e. The average molecular weight is 310 g/mol. The van der Waals surface area contributed by atoms with Crippen LogP contribution in [0.15, 0.2) is 34.7 Å². The Morgan fingerprint density at radius 2 is 2.14 bits per heavy atom. The molecule has 114 valence electrons. The molecule has 0 atom stereocenters. The summed E-state index contributed by atoms with van der Waals surface area (Å²) in [4.78, 5) is 10.9. The Labute approximate surface area is 123 Å². The van der Waals surface area contributed by atoms with Crippen LogP contribution in [0.3, 0.4) is 0 Å². The molecule has 0 heterocycles. The van der Waals surface area contributed by atoms with Crippen molar-refractivity contribution in [3.05, 3.63) is 35.4 Å². The maximum absolute atomic E-state index is 12.2. The Balaban J connectivity index is 2.13. The number of rotatable bonds is 6. The fraction of sp³-hybridized carbons (Fsp3) is 0.357. The number of nitrogens with two attached hydrogens (primary N) is 1. The van der Waals surface area contributed by atoms with Gasteiger partial charge in [0.1, 0.15) is 0 Å². The summed E-state index contributed by atoms with van der Waals surface area (Å²) in [5.74, 6) is -1.32. The van der Waals surface area contributed by atoms with Crippen molar-refractivity contribution >= 4 is 21.7 Å². The molecule has 0 aliphatic heterocycles. The van der Waals surface area contributed by atoms with Gasteiger partial charge in [0.2, 0.25) is 10.0 Å². The molecule has 2 rings (SSSR count). The molecule has 0 saturated heterocycles. The van der Waals surface area contributed by atoms with Gasteiger partial charge in [-0.25, -0.2) is 17.9 Å². The van der Waals surface area contributed by atoms with Gasteiger partial charge in [0.25, 0.3) is 0 Å². The lowest BCUT2D eigenvalue weighted by molar-refractivity contribution is 0.0692. The van der Waals surface area contributed by atoms with E-state index >= 15 is 0 Å². The number of hydrogen-bond acceptors (Lipinski definition) is 4. The molecule has 21 heavy (non-hydrogen) atoms. The van der Waals surface area contributed by atoms with E-state index in [-0.39, 0.29) is 22.7 Å². The van der Waals surface area contributed by atoms with E-state index in [0.717, 1.165) is 25.3 Å². The maximum Gasteiger partial charge on any atom is 0.337 e. The van der Waals surface area contributed by atoms with Crippen LogP contribution in [0, 0.1) is 0 Å². The average Bonchev–Trinajstić information content (AvgIpc) is 2.91. The fourth-order valence-corrected chi connectivity index (χ4v) is 3.55. The van der Waals surface area contributed by atoms with Crippen LogP contribution in [0.5, 0.6) is 0 Å². The van der Waals surface area contributed by atoms with Crippen LogP contribution in [-0.2, 0) is 10.0 Å². The van der Waals surface area contributed by atoms with Gasteiger partial charge in [-0.3, -0.25) is 0 Å². The zero-order valence-corrected chi connectivity index (χ0v) is 12.3. The van der Waals surface area contributed by atoms with E-state index in [1.54, 1.807) is 0 Å². The number of nitrogens with one attached hydrogen (secondary N) is 1. The summed E-state index contributed by atoms with van der Waals surface area (Å²) in [6, 6.07) is 3.74. The summed E-state index contributed by atoms with van der Waals surface area (Å²) in [5.41, 5.74) is 6.64. The summed E-state index contributed by atoms with van der Waals surface area (Å²) < 4.78 is 26.9. The van der Waals surface area contributed by atoms with Gasteiger partial charge >= 0.3 is 5.97 Å². The minimum Gasteiger partial charge on any atom is -0.478 e. The predicted octanol–water partition coefficient (Wildman–Crippen LogP) is 1.75. The molecule has 0 saturated carbocycles. The number of sulfonamides is 1. The lowest BCUT2D eigenvalue weighted by Crippen LogP contribution is -2.26. The van der Waals surface area contributed by atoms with Gasteiger partial charge in [-0.15, -0.1) is 0 Å². The highest BCUT2D eigenvalue weighted by Gasteiger charge is 2.22. The smallest absolute Gasteiger partial charge is 0.337 e. The van der Waals surface area contributed by atoms with Crippen LogP contribution in [0.1, 0.15) is 36.0 Å². The van der Waals surface area contributed by atoms with E-state index in [0.29, 0.717) is 6.42 Å². The quantitative estimate of drug-likeness (QED) is 0.548. The van der Waals surface area contributed by atoms with Crippen molar-refractivity contribution in [2.45, 2.75) is 30.6 Å². The zero-order valence-electron chi connectivity index (χ0n) is 11.5. The molecule has 0 unspecified atom stereocenters. The molecule has 0 amide bonds. The Morgan fingerprint density at radius 1 is 1.38 bits per heavy atom. The number of carboxylic acids is 1. The van der Waals surface area contributed by atoms with Crippen LogP contribution in [0.2, 0.25) is 0 Å². The van der Waals surface area contributed by atoms with Crippen molar-refractivity contribution in [3.8, 4) is 0 Å². The van der Waals surface area contributed by atoms with Crippen molar-refractivity contribution in [1.82, 2.24) is 4.72 Å². The minimum atomic E-state index is -3.86. The molecule has 0 radical (unpaired) electrons. The molecule has 1 aromatic carbocycles. The van der Waals surface area contributed by atoms with Crippen LogP contribution >= 0.6 is 0 Å². The number of nitrogen functional groups attached to an aromatic ring is 1. The molecule has 4 N–H and O–H groups in total. The SMILES string of the molecule is Nc1ccc(S(=O)(=O)NCCC2=CCCC2)c(C(=O)O)c1. The molecule has 1 aliphatic carbocycles. The number of carbonyl (C=O) groups is 1. The number of aromatic carboxylic acids is 1. The normalized spacial score (nSPS) is 15.0. The molecule has 1 aromatic rings. The fourth-order valence-electron chi connectivity index (χ4n) is 2.34. The van der Waals surface area contributed by atoms with Gasteiger partial charge in [-0.2, -0.15) is 0 Å². The van der Waals surface area contributed by atoms with E-state index in [1.807, 2.05) is 0 Å². The summed E-state index contributed by atoms with van der Waals surface area (Å²) in [7, 11) is -3.86. The second-order valence-electron chi connectivity index (χ2n) is 4.96. The Kier molecular flexibility index (Phi) is 4.64. The minimum absolute atomic E-state index is 0.211. The summed E-state index contributed by atoms with van der Waals surface area (Å²) in [6.07, 6.45) is 5.94. The Morgan fingerprint density at radius 3 is 2.76 bits per heavy atom. The monoisotopic (exact) mass is 310 g/mol. The van der Waals surface area contributed by atoms with Crippen molar-refractivity contribution in [2.24, 2.45) is 0 Å². The van der Waals surface area contributed by atoms with Crippen molar-refractivity contribution < 1.29 is 18.3 Å². The number of anilines is 1. The third kappa shape index (κ3) is 3.83. The van der Waals surface area contributed by atoms with Crippen LogP contribution < -0.4 is 10.5 Å². The van der Waals surface area contributed by atoms with Gasteiger partial charge in [0.15, 0.2) is 0 Å². The molecule has 0 spiro atoms. The standard InChI is InChI=1S/C14H18N2O4S/c15-11-5-6-13(12(9-11)14(17)18)21(19,20)16-8-7-10-3-1-2-4-10/h3,5-6,9,16H,1-2,4,7-8,15H2,(H,17,18). The molecular formula is C14H18N2O4S. The first-order valence-corrected chi connectivity index (χ1v) is 8.19. The first-order valence-electron chi connectivity index (χ1n) is 6.70. The van der Waals surface area contributed by atoms with Gasteiger partial charge in [0, 0.05) is 12.2 Å². The van der Waals surface area contributed by atoms with Crippen molar-refractivity contribution in [1.29, 1.82) is 0 Å². The highest BCUT2D eigenvalue weighted by molar-refractivity contribution is 7.89. The lowest BCUT2D eigenvalue weighted by atomic mass is 10.2. The molecule has 7 heteroatoms. The number of benzene rings is 1. The van der Waals surface area contributed by atoms with Crippen LogP contribution in [0.4, 0.5) is 5.69 Å². The van der Waals surface area contributed by atoms with Gasteiger partial charge in [-0.1, -0.05) is 11.6 Å². The number of hydrogen-bond donors (Lipinski definition) is 3. The van der Waals surface area contributed by atoms with Gasteiger partial charge in [-0.05, 0) is 43.9 Å². The van der Waals surface area contributed by atoms with E-state index in [9.17, 15) is 13.2 Å².